The van der Waals surface area contributed by atoms with Crippen LogP contribution in [0.1, 0.15) is 0 Å². The molecular formula is C66H45N3O. The number of aromatic nitrogens is 1. The van der Waals surface area contributed by atoms with Crippen LogP contribution in [0.2, 0.25) is 0 Å². The van der Waals surface area contributed by atoms with Crippen LogP contribution >= 0.6 is 0 Å². The standard InChI is InChI=1S/C66H45N3O/c1-5-18-46(19-6-1)49-42-50(44-51(43-49)48-34-38-56(39-35-48)68(53-22-9-3-10-23-53)64-30-17-28-60-59-27-14-16-31-65(59)70-66(60)64)47-32-36-55(37-33-47)67(52-20-7-2-8-21-52)57-40-41-63-61(45-57)58-26-13-15-29-62(58)69(63)54-24-11-4-12-25-54/h1-45H. The average Bonchev–Trinajstić information content (AvgIpc) is 3.99. The SMILES string of the molecule is c1ccc(-c2cc(-c3ccc(N(c4ccccc4)c4ccc5c(c4)c4ccccc4n5-c4ccccc4)cc3)cc(-c3ccc(N(c4ccccc4)c4cccc5c4oc4ccccc45)cc3)c2)cc1. The number of anilines is 6. The fourth-order valence-electron chi connectivity index (χ4n) is 10.3. The quantitative estimate of drug-likeness (QED) is 0.137. The fourth-order valence-corrected chi connectivity index (χ4v) is 10.3. The summed E-state index contributed by atoms with van der Waals surface area (Å²) in [6.07, 6.45) is 0. The molecule has 2 aromatic heterocycles. The third-order valence-electron chi connectivity index (χ3n) is 13.5. The van der Waals surface area contributed by atoms with Gasteiger partial charge in [0, 0.05) is 55.7 Å². The number of furan rings is 1. The van der Waals surface area contributed by atoms with Crippen molar-refractivity contribution in [3.8, 4) is 39.1 Å². The molecule has 0 aliphatic heterocycles. The van der Waals surface area contributed by atoms with E-state index < -0.39 is 0 Å². The predicted molar refractivity (Wildman–Crippen MR) is 294 cm³/mol. The lowest BCUT2D eigenvalue weighted by atomic mass is 9.93. The normalized spacial score (nSPS) is 11.4. The summed E-state index contributed by atoms with van der Waals surface area (Å²) in [7, 11) is 0. The molecule has 0 atom stereocenters. The summed E-state index contributed by atoms with van der Waals surface area (Å²) in [6.45, 7) is 0. The van der Waals surface area contributed by atoms with Gasteiger partial charge in [-0.15, -0.1) is 0 Å². The van der Waals surface area contributed by atoms with Gasteiger partial charge in [0.05, 0.1) is 16.7 Å². The lowest BCUT2D eigenvalue weighted by molar-refractivity contribution is 0.669. The van der Waals surface area contributed by atoms with Gasteiger partial charge in [-0.3, -0.25) is 0 Å². The maximum atomic E-state index is 6.58. The van der Waals surface area contributed by atoms with Gasteiger partial charge in [0.15, 0.2) is 5.58 Å². The van der Waals surface area contributed by atoms with Crippen molar-refractivity contribution in [1.29, 1.82) is 0 Å². The molecule has 0 aliphatic carbocycles. The number of hydrogen-bond acceptors (Lipinski definition) is 3. The van der Waals surface area contributed by atoms with Crippen LogP contribution in [0.3, 0.4) is 0 Å². The summed E-state index contributed by atoms with van der Waals surface area (Å²) < 4.78 is 8.94. The zero-order valence-electron chi connectivity index (χ0n) is 38.2. The molecule has 0 amide bonds. The van der Waals surface area contributed by atoms with Gasteiger partial charge in [0.1, 0.15) is 5.58 Å². The molecule has 0 unspecified atom stereocenters. The first-order valence-electron chi connectivity index (χ1n) is 23.8. The third kappa shape index (κ3) is 7.27. The van der Waals surface area contributed by atoms with Crippen LogP contribution < -0.4 is 9.80 Å². The van der Waals surface area contributed by atoms with Gasteiger partial charge in [0.25, 0.3) is 0 Å². The minimum Gasteiger partial charge on any atom is -0.454 e. The highest BCUT2D eigenvalue weighted by Gasteiger charge is 2.21. The van der Waals surface area contributed by atoms with E-state index in [0.717, 1.165) is 89.6 Å². The van der Waals surface area contributed by atoms with Crippen LogP contribution in [0.4, 0.5) is 34.1 Å². The van der Waals surface area contributed by atoms with E-state index in [2.05, 4.69) is 275 Å². The molecule has 2 heterocycles. The van der Waals surface area contributed by atoms with Crippen LogP contribution in [0.5, 0.6) is 0 Å². The summed E-state index contributed by atoms with van der Waals surface area (Å²) in [5.74, 6) is 0. The second-order valence-electron chi connectivity index (χ2n) is 17.7. The molecule has 70 heavy (non-hydrogen) atoms. The van der Waals surface area contributed by atoms with E-state index in [1.807, 2.05) is 12.1 Å². The molecule has 13 aromatic rings. The van der Waals surface area contributed by atoms with Gasteiger partial charge in [-0.2, -0.15) is 0 Å². The summed E-state index contributed by atoms with van der Waals surface area (Å²) in [6, 6.07) is 97.7. The van der Waals surface area contributed by atoms with Crippen LogP contribution in [-0.4, -0.2) is 4.57 Å². The fraction of sp³-hybridized carbons (Fsp3) is 0. The van der Waals surface area contributed by atoms with Crippen molar-refractivity contribution in [3.05, 3.63) is 273 Å². The van der Waals surface area contributed by atoms with Gasteiger partial charge in [0.2, 0.25) is 0 Å². The summed E-state index contributed by atoms with van der Waals surface area (Å²) in [5, 5.41) is 4.65. The zero-order valence-corrected chi connectivity index (χ0v) is 38.2. The molecule has 4 heteroatoms. The van der Waals surface area contributed by atoms with Gasteiger partial charge in [-0.1, -0.05) is 158 Å². The highest BCUT2D eigenvalue weighted by molar-refractivity contribution is 6.11. The van der Waals surface area contributed by atoms with Crippen LogP contribution in [0.15, 0.2) is 277 Å². The van der Waals surface area contributed by atoms with Crippen molar-refractivity contribution in [3.63, 3.8) is 0 Å². The molecule has 0 spiro atoms. The first-order valence-corrected chi connectivity index (χ1v) is 23.8. The second kappa shape index (κ2) is 17.4. The molecule has 4 nitrogen and oxygen atoms in total. The van der Waals surface area contributed by atoms with E-state index in [9.17, 15) is 0 Å². The Morgan fingerprint density at radius 2 is 0.729 bits per heavy atom. The third-order valence-corrected chi connectivity index (χ3v) is 13.5. The minimum atomic E-state index is 0.864. The molecule has 13 rings (SSSR count). The van der Waals surface area contributed by atoms with Crippen molar-refractivity contribution in [2.24, 2.45) is 0 Å². The number of rotatable bonds is 10. The Bertz CT molecular complexity index is 3970. The van der Waals surface area contributed by atoms with E-state index in [1.54, 1.807) is 0 Å². The molecule has 0 fully saturated rings. The van der Waals surface area contributed by atoms with E-state index in [4.69, 9.17) is 4.42 Å². The summed E-state index contributed by atoms with van der Waals surface area (Å²) >= 11 is 0. The topological polar surface area (TPSA) is 24.6 Å². The van der Waals surface area contributed by atoms with Gasteiger partial charge >= 0.3 is 0 Å². The maximum absolute atomic E-state index is 6.58. The lowest BCUT2D eigenvalue weighted by Crippen LogP contribution is -2.10. The summed E-state index contributed by atoms with van der Waals surface area (Å²) in [4.78, 5) is 4.65. The van der Waals surface area contributed by atoms with Crippen LogP contribution in [-0.2, 0) is 0 Å². The monoisotopic (exact) mass is 895 g/mol. The van der Waals surface area contributed by atoms with E-state index in [-0.39, 0.29) is 0 Å². The van der Waals surface area contributed by atoms with Gasteiger partial charge in [-0.05, 0) is 149 Å². The first kappa shape index (κ1) is 40.9. The molecule has 0 saturated carbocycles. The van der Waals surface area contributed by atoms with Crippen LogP contribution in [0.25, 0.3) is 82.8 Å². The van der Waals surface area contributed by atoms with Crippen molar-refractivity contribution in [2.45, 2.75) is 0 Å². The van der Waals surface area contributed by atoms with Crippen molar-refractivity contribution >= 4 is 77.9 Å². The largest absolute Gasteiger partial charge is 0.454 e. The minimum absolute atomic E-state index is 0.864. The Kier molecular flexibility index (Phi) is 10.1. The van der Waals surface area contributed by atoms with Crippen molar-refractivity contribution in [2.75, 3.05) is 9.80 Å². The molecule has 0 radical (unpaired) electrons. The Morgan fingerprint density at radius 3 is 1.37 bits per heavy atom. The zero-order chi connectivity index (χ0) is 46.4. The van der Waals surface area contributed by atoms with Crippen LogP contribution in [0, 0.1) is 0 Å². The number of nitrogens with zero attached hydrogens (tertiary/aromatic N) is 3. The molecule has 0 N–H and O–H groups in total. The highest BCUT2D eigenvalue weighted by Crippen LogP contribution is 2.44. The average molecular weight is 896 g/mol. The molecule has 11 aromatic carbocycles. The van der Waals surface area contributed by atoms with Gasteiger partial charge < -0.3 is 18.8 Å². The van der Waals surface area contributed by atoms with E-state index in [0.29, 0.717) is 0 Å². The molecule has 0 saturated heterocycles. The summed E-state index contributed by atoms with van der Waals surface area (Å²) in [5.41, 5.74) is 18.5. The first-order chi connectivity index (χ1) is 34.7. The Hall–Kier alpha value is -9.38. The number of benzene rings is 11. The number of hydrogen-bond donors (Lipinski definition) is 0. The Morgan fingerprint density at radius 1 is 0.271 bits per heavy atom. The maximum Gasteiger partial charge on any atom is 0.159 e. The molecular weight excluding hydrogens is 851 g/mol. The van der Waals surface area contributed by atoms with Gasteiger partial charge in [-0.25, -0.2) is 0 Å². The number of para-hydroxylation sites is 6. The van der Waals surface area contributed by atoms with Crippen molar-refractivity contribution in [1.82, 2.24) is 4.57 Å². The molecule has 0 aliphatic rings. The second-order valence-corrected chi connectivity index (χ2v) is 17.7. The van der Waals surface area contributed by atoms with E-state index >= 15 is 0 Å². The predicted octanol–water partition coefficient (Wildman–Crippen LogP) is 18.6. The molecule has 0 bridgehead atoms. The smallest absolute Gasteiger partial charge is 0.159 e. The highest BCUT2D eigenvalue weighted by atomic mass is 16.3. The van der Waals surface area contributed by atoms with E-state index in [1.165, 1.54) is 27.4 Å². The Labute approximate surface area is 406 Å². The number of fused-ring (bicyclic) bond motifs is 6. The molecule has 330 valence electrons. The lowest BCUT2D eigenvalue weighted by Gasteiger charge is -2.26. The Balaban J connectivity index is 0.887. The van der Waals surface area contributed by atoms with Crippen molar-refractivity contribution < 1.29 is 4.42 Å².